The first-order valence-corrected chi connectivity index (χ1v) is 5.55. The summed E-state index contributed by atoms with van der Waals surface area (Å²) in [7, 11) is 0. The van der Waals surface area contributed by atoms with Gasteiger partial charge < -0.3 is 10.8 Å². The van der Waals surface area contributed by atoms with Crippen LogP contribution in [0.2, 0.25) is 0 Å². The van der Waals surface area contributed by atoms with Crippen LogP contribution in [-0.2, 0) is 12.0 Å². The number of fused-ring (bicyclic) bond motifs is 1. The molecule has 0 radical (unpaired) electrons. The first kappa shape index (κ1) is 10.6. The van der Waals surface area contributed by atoms with Crippen LogP contribution in [0.1, 0.15) is 31.0 Å². The molecule has 2 unspecified atom stereocenters. The number of nitrogens with two attached hydrogens (primary N) is 1. The van der Waals surface area contributed by atoms with E-state index >= 15 is 0 Å². The Hall–Kier alpha value is -0.930. The Kier molecular flexibility index (Phi) is 2.76. The molecule has 1 aromatic rings. The smallest absolute Gasteiger partial charge is 0.110 e. The number of aryl methyl sites for hydroxylation is 1. The van der Waals surface area contributed by atoms with Crippen LogP contribution in [0.4, 0.5) is 0 Å². The van der Waals surface area contributed by atoms with E-state index in [-0.39, 0.29) is 5.92 Å². The molecule has 3 nitrogen and oxygen atoms in total. The molecule has 15 heavy (non-hydrogen) atoms. The van der Waals surface area contributed by atoms with Crippen molar-refractivity contribution in [3.8, 4) is 0 Å². The van der Waals surface area contributed by atoms with Gasteiger partial charge in [-0.2, -0.15) is 0 Å². The van der Waals surface area contributed by atoms with E-state index in [9.17, 15) is 5.11 Å². The van der Waals surface area contributed by atoms with Crippen molar-refractivity contribution < 1.29 is 5.11 Å². The van der Waals surface area contributed by atoms with E-state index in [0.29, 0.717) is 13.0 Å². The molecule has 0 aliphatic heterocycles. The lowest BCUT2D eigenvalue weighted by Gasteiger charge is -2.38. The number of pyridine rings is 1. The third-order valence-corrected chi connectivity index (χ3v) is 3.49. The Balaban J connectivity index is 2.45. The van der Waals surface area contributed by atoms with Crippen LogP contribution < -0.4 is 5.73 Å². The monoisotopic (exact) mass is 206 g/mol. The van der Waals surface area contributed by atoms with Crippen molar-refractivity contribution in [3.05, 3.63) is 29.6 Å². The lowest BCUT2D eigenvalue weighted by Crippen LogP contribution is -2.40. The van der Waals surface area contributed by atoms with Crippen LogP contribution in [-0.4, -0.2) is 16.6 Å². The molecule has 0 bridgehead atoms. The lowest BCUT2D eigenvalue weighted by molar-refractivity contribution is -0.0374. The number of aromatic nitrogens is 1. The molecule has 2 rings (SSSR count). The molecule has 0 fully saturated rings. The molecule has 1 aliphatic rings. The van der Waals surface area contributed by atoms with Gasteiger partial charge in [0.15, 0.2) is 0 Å². The largest absolute Gasteiger partial charge is 0.383 e. The summed E-state index contributed by atoms with van der Waals surface area (Å²) < 4.78 is 0. The van der Waals surface area contributed by atoms with Gasteiger partial charge in [-0.1, -0.05) is 13.0 Å². The van der Waals surface area contributed by atoms with Gasteiger partial charge in [-0.3, -0.25) is 4.98 Å². The fraction of sp³-hybridized carbons (Fsp3) is 0.583. The molecule has 0 saturated heterocycles. The fourth-order valence-corrected chi connectivity index (χ4v) is 2.46. The Morgan fingerprint density at radius 3 is 3.20 bits per heavy atom. The minimum atomic E-state index is -0.816. The standard InChI is InChI=1S/C12H18N2O/c1-9-4-5-10-3-2-8-14-11(10)12(9,15)6-7-13/h2-3,8-9,15H,4-7,13H2,1H3. The summed E-state index contributed by atoms with van der Waals surface area (Å²) >= 11 is 0. The summed E-state index contributed by atoms with van der Waals surface area (Å²) in [6.45, 7) is 2.57. The lowest BCUT2D eigenvalue weighted by atomic mass is 9.73. The predicted molar refractivity (Wildman–Crippen MR) is 59.3 cm³/mol. The molecule has 3 N–H and O–H groups in total. The summed E-state index contributed by atoms with van der Waals surface area (Å²) in [6.07, 6.45) is 4.36. The van der Waals surface area contributed by atoms with Gasteiger partial charge in [0.25, 0.3) is 0 Å². The van der Waals surface area contributed by atoms with Gasteiger partial charge >= 0.3 is 0 Å². The van der Waals surface area contributed by atoms with Crippen molar-refractivity contribution >= 4 is 0 Å². The maximum Gasteiger partial charge on any atom is 0.110 e. The minimum Gasteiger partial charge on any atom is -0.383 e. The van der Waals surface area contributed by atoms with Crippen LogP contribution >= 0.6 is 0 Å². The van der Waals surface area contributed by atoms with Gasteiger partial charge in [-0.25, -0.2) is 0 Å². The van der Waals surface area contributed by atoms with E-state index < -0.39 is 5.60 Å². The molecule has 2 atom stereocenters. The first-order valence-electron chi connectivity index (χ1n) is 5.55. The van der Waals surface area contributed by atoms with E-state index in [2.05, 4.69) is 18.0 Å². The van der Waals surface area contributed by atoms with Gasteiger partial charge in [0.2, 0.25) is 0 Å². The molecular weight excluding hydrogens is 188 g/mol. The average molecular weight is 206 g/mol. The van der Waals surface area contributed by atoms with Gasteiger partial charge in [-0.05, 0) is 43.4 Å². The quantitative estimate of drug-likeness (QED) is 0.764. The van der Waals surface area contributed by atoms with Crippen molar-refractivity contribution in [1.29, 1.82) is 0 Å². The normalized spacial score (nSPS) is 29.9. The van der Waals surface area contributed by atoms with E-state index in [1.54, 1.807) is 6.20 Å². The number of hydrogen-bond acceptors (Lipinski definition) is 3. The molecule has 3 heteroatoms. The third-order valence-electron chi connectivity index (χ3n) is 3.49. The van der Waals surface area contributed by atoms with Gasteiger partial charge in [0.1, 0.15) is 5.60 Å². The average Bonchev–Trinajstić information content (AvgIpc) is 2.25. The van der Waals surface area contributed by atoms with E-state index in [1.807, 2.05) is 6.07 Å². The topological polar surface area (TPSA) is 59.1 Å². The highest BCUT2D eigenvalue weighted by Crippen LogP contribution is 2.40. The van der Waals surface area contributed by atoms with Gasteiger partial charge in [-0.15, -0.1) is 0 Å². The fourth-order valence-electron chi connectivity index (χ4n) is 2.46. The molecule has 0 amide bonds. The second kappa shape index (κ2) is 3.91. The molecule has 1 heterocycles. The highest BCUT2D eigenvalue weighted by Gasteiger charge is 2.40. The van der Waals surface area contributed by atoms with Crippen LogP contribution in [0, 0.1) is 5.92 Å². The van der Waals surface area contributed by atoms with Gasteiger partial charge in [0, 0.05) is 6.20 Å². The van der Waals surface area contributed by atoms with E-state index in [0.717, 1.165) is 18.5 Å². The van der Waals surface area contributed by atoms with Crippen LogP contribution in [0.3, 0.4) is 0 Å². The summed E-state index contributed by atoms with van der Waals surface area (Å²) in [5, 5.41) is 10.6. The number of rotatable bonds is 2. The van der Waals surface area contributed by atoms with Gasteiger partial charge in [0.05, 0.1) is 5.69 Å². The number of aliphatic hydroxyl groups is 1. The summed E-state index contributed by atoms with van der Waals surface area (Å²) in [5.74, 6) is 0.239. The van der Waals surface area contributed by atoms with Crippen molar-refractivity contribution in [2.24, 2.45) is 11.7 Å². The Morgan fingerprint density at radius 2 is 2.47 bits per heavy atom. The second-order valence-electron chi connectivity index (χ2n) is 4.41. The second-order valence-corrected chi connectivity index (χ2v) is 4.41. The molecule has 0 aromatic carbocycles. The SMILES string of the molecule is CC1CCc2cccnc2C1(O)CCN. The highest BCUT2D eigenvalue weighted by atomic mass is 16.3. The van der Waals surface area contributed by atoms with Crippen molar-refractivity contribution in [2.45, 2.75) is 31.8 Å². The van der Waals surface area contributed by atoms with Crippen molar-refractivity contribution in [2.75, 3.05) is 6.54 Å². The number of hydrogen-bond donors (Lipinski definition) is 2. The zero-order valence-electron chi connectivity index (χ0n) is 9.11. The van der Waals surface area contributed by atoms with Crippen LogP contribution in [0.5, 0.6) is 0 Å². The zero-order valence-corrected chi connectivity index (χ0v) is 9.11. The molecule has 1 aliphatic carbocycles. The first-order chi connectivity index (χ1) is 7.18. The minimum absolute atomic E-state index is 0.239. The Labute approximate surface area is 90.3 Å². The van der Waals surface area contributed by atoms with Crippen LogP contribution in [0.25, 0.3) is 0 Å². The van der Waals surface area contributed by atoms with Crippen molar-refractivity contribution in [1.82, 2.24) is 4.98 Å². The zero-order chi connectivity index (χ0) is 10.9. The third kappa shape index (κ3) is 1.66. The highest BCUT2D eigenvalue weighted by molar-refractivity contribution is 5.29. The summed E-state index contributed by atoms with van der Waals surface area (Å²) in [4.78, 5) is 4.34. The molecule has 82 valence electrons. The van der Waals surface area contributed by atoms with Crippen LogP contribution in [0.15, 0.2) is 18.3 Å². The maximum absolute atomic E-state index is 10.6. The maximum atomic E-state index is 10.6. The van der Waals surface area contributed by atoms with E-state index in [4.69, 9.17) is 5.73 Å². The molecule has 0 saturated carbocycles. The number of nitrogens with zero attached hydrogens (tertiary/aromatic N) is 1. The summed E-state index contributed by atoms with van der Waals surface area (Å²) in [6, 6.07) is 3.98. The molecule has 0 spiro atoms. The summed E-state index contributed by atoms with van der Waals surface area (Å²) in [5.41, 5.74) is 6.77. The van der Waals surface area contributed by atoms with E-state index in [1.165, 1.54) is 5.56 Å². The molecular formula is C12H18N2O. The van der Waals surface area contributed by atoms with Crippen molar-refractivity contribution in [3.63, 3.8) is 0 Å². The predicted octanol–water partition coefficient (Wildman–Crippen LogP) is 1.20. The molecule has 1 aromatic heterocycles. The Bertz CT molecular complexity index is 353. The Morgan fingerprint density at radius 1 is 1.67 bits per heavy atom.